The summed E-state index contributed by atoms with van der Waals surface area (Å²) in [7, 11) is 4.14. The summed E-state index contributed by atoms with van der Waals surface area (Å²) in [4.78, 5) is 2.13. The van der Waals surface area contributed by atoms with E-state index in [1.165, 1.54) is 29.7 Å². The van der Waals surface area contributed by atoms with Crippen LogP contribution in [0.1, 0.15) is 31.7 Å². The molecule has 0 saturated heterocycles. The molecule has 0 radical (unpaired) electrons. The molecule has 0 heterocycles. The van der Waals surface area contributed by atoms with E-state index < -0.39 is 0 Å². The van der Waals surface area contributed by atoms with Gasteiger partial charge in [0.1, 0.15) is 0 Å². The third-order valence-electron chi connectivity index (χ3n) is 3.43. The van der Waals surface area contributed by atoms with Gasteiger partial charge in [-0.3, -0.25) is 0 Å². The molecule has 0 spiro atoms. The van der Waals surface area contributed by atoms with Gasteiger partial charge in [-0.25, -0.2) is 0 Å². The molecule has 0 atom stereocenters. The third-order valence-corrected chi connectivity index (χ3v) is 3.43. The quantitative estimate of drug-likeness (QED) is 0.826. The molecule has 2 heteroatoms. The number of hydrogen-bond acceptors (Lipinski definition) is 2. The Labute approximate surface area is 111 Å². The lowest BCUT2D eigenvalue weighted by Gasteiger charge is -2.12. The van der Waals surface area contributed by atoms with E-state index in [-0.39, 0.29) is 0 Å². The van der Waals surface area contributed by atoms with Crippen LogP contribution in [-0.2, 0) is 0 Å². The molecular weight excluding hydrogens is 220 g/mol. The van der Waals surface area contributed by atoms with Crippen molar-refractivity contribution in [2.75, 3.05) is 25.5 Å². The summed E-state index contributed by atoms with van der Waals surface area (Å²) in [6.45, 7) is 3.27. The fraction of sp³-hybridized carbons (Fsp3) is 0.500. The number of benzene rings is 1. The molecule has 0 aliphatic heterocycles. The van der Waals surface area contributed by atoms with Crippen LogP contribution >= 0.6 is 0 Å². The average Bonchev–Trinajstić information content (AvgIpc) is 3.19. The summed E-state index contributed by atoms with van der Waals surface area (Å²) in [6.07, 6.45) is 6.15. The van der Waals surface area contributed by atoms with Crippen LogP contribution in [0.4, 0.5) is 5.69 Å². The maximum Gasteiger partial charge on any atom is 0.0361 e. The largest absolute Gasteiger partial charge is 0.378 e. The second-order valence-electron chi connectivity index (χ2n) is 5.30. The molecule has 1 aromatic carbocycles. The smallest absolute Gasteiger partial charge is 0.0361 e. The van der Waals surface area contributed by atoms with Gasteiger partial charge in [-0.2, -0.15) is 0 Å². The highest BCUT2D eigenvalue weighted by molar-refractivity contribution is 5.57. The number of nitrogens with one attached hydrogen (secondary N) is 1. The second-order valence-corrected chi connectivity index (χ2v) is 5.30. The van der Waals surface area contributed by atoms with Gasteiger partial charge in [-0.1, -0.05) is 30.7 Å². The molecule has 0 bridgehead atoms. The number of nitrogens with zero attached hydrogens (tertiary/aromatic N) is 1. The first kappa shape index (κ1) is 13.2. The van der Waals surface area contributed by atoms with Gasteiger partial charge in [-0.15, -0.1) is 0 Å². The predicted octanol–water partition coefficient (Wildman–Crippen LogP) is 3.30. The SMILES string of the molecule is CCC(=Cc1ccc(N(C)C)cc1)CNC1CC1. The zero-order valence-corrected chi connectivity index (χ0v) is 11.7. The Morgan fingerprint density at radius 1 is 1.28 bits per heavy atom. The summed E-state index contributed by atoms with van der Waals surface area (Å²) >= 11 is 0. The predicted molar refractivity (Wildman–Crippen MR) is 80.1 cm³/mol. The molecule has 0 unspecified atom stereocenters. The van der Waals surface area contributed by atoms with E-state index >= 15 is 0 Å². The lowest BCUT2D eigenvalue weighted by molar-refractivity contribution is 0.723. The van der Waals surface area contributed by atoms with Crippen molar-refractivity contribution in [1.82, 2.24) is 5.32 Å². The Kier molecular flexibility index (Phi) is 4.43. The Balaban J connectivity index is 1.99. The summed E-state index contributed by atoms with van der Waals surface area (Å²) in [5, 5.41) is 3.58. The fourth-order valence-corrected chi connectivity index (χ4v) is 1.95. The Bertz CT molecular complexity index is 400. The van der Waals surface area contributed by atoms with Crippen molar-refractivity contribution in [2.24, 2.45) is 0 Å². The van der Waals surface area contributed by atoms with Crippen LogP contribution in [0.15, 0.2) is 29.8 Å². The van der Waals surface area contributed by atoms with Crippen molar-refractivity contribution in [3.63, 3.8) is 0 Å². The van der Waals surface area contributed by atoms with E-state index in [4.69, 9.17) is 0 Å². The maximum atomic E-state index is 3.58. The van der Waals surface area contributed by atoms with E-state index in [1.807, 2.05) is 0 Å². The van der Waals surface area contributed by atoms with Gasteiger partial charge in [0.2, 0.25) is 0 Å². The van der Waals surface area contributed by atoms with Crippen molar-refractivity contribution in [3.05, 3.63) is 35.4 Å². The molecule has 1 fully saturated rings. The first-order chi connectivity index (χ1) is 8.69. The molecular formula is C16H24N2. The van der Waals surface area contributed by atoms with Crippen LogP contribution in [0.25, 0.3) is 6.08 Å². The van der Waals surface area contributed by atoms with E-state index in [2.05, 4.69) is 61.6 Å². The van der Waals surface area contributed by atoms with Crippen molar-refractivity contribution >= 4 is 11.8 Å². The molecule has 1 saturated carbocycles. The zero-order valence-electron chi connectivity index (χ0n) is 11.7. The minimum Gasteiger partial charge on any atom is -0.378 e. The van der Waals surface area contributed by atoms with Crippen molar-refractivity contribution < 1.29 is 0 Å². The van der Waals surface area contributed by atoms with Gasteiger partial charge in [0, 0.05) is 32.4 Å². The van der Waals surface area contributed by atoms with E-state index in [0.29, 0.717) is 0 Å². The number of anilines is 1. The highest BCUT2D eigenvalue weighted by atomic mass is 15.1. The first-order valence-corrected chi connectivity index (χ1v) is 6.89. The van der Waals surface area contributed by atoms with Crippen LogP contribution in [-0.4, -0.2) is 26.7 Å². The van der Waals surface area contributed by atoms with Crippen LogP contribution in [0.5, 0.6) is 0 Å². The standard InChI is InChI=1S/C16H24N2/c1-4-13(12-17-15-7-8-15)11-14-5-9-16(10-6-14)18(2)3/h5-6,9-11,15,17H,4,7-8,12H2,1-3H3. The lowest BCUT2D eigenvalue weighted by Crippen LogP contribution is -2.18. The average molecular weight is 244 g/mol. The fourth-order valence-electron chi connectivity index (χ4n) is 1.95. The van der Waals surface area contributed by atoms with Gasteiger partial charge >= 0.3 is 0 Å². The Morgan fingerprint density at radius 2 is 1.94 bits per heavy atom. The second kappa shape index (κ2) is 6.05. The van der Waals surface area contributed by atoms with Crippen molar-refractivity contribution in [2.45, 2.75) is 32.2 Å². The molecule has 0 amide bonds. The molecule has 1 aliphatic rings. The summed E-state index contributed by atoms with van der Waals surface area (Å²) in [5.74, 6) is 0. The molecule has 1 aromatic rings. The van der Waals surface area contributed by atoms with Crippen LogP contribution in [0, 0.1) is 0 Å². The molecule has 1 N–H and O–H groups in total. The van der Waals surface area contributed by atoms with E-state index in [0.717, 1.165) is 19.0 Å². The normalized spacial score (nSPS) is 15.8. The highest BCUT2D eigenvalue weighted by Crippen LogP contribution is 2.20. The van der Waals surface area contributed by atoms with Gasteiger partial charge in [0.05, 0.1) is 0 Å². The maximum absolute atomic E-state index is 3.58. The van der Waals surface area contributed by atoms with Gasteiger partial charge in [-0.05, 0) is 37.0 Å². The van der Waals surface area contributed by atoms with Gasteiger partial charge < -0.3 is 10.2 Å². The van der Waals surface area contributed by atoms with Gasteiger partial charge in [0.15, 0.2) is 0 Å². The number of hydrogen-bond donors (Lipinski definition) is 1. The van der Waals surface area contributed by atoms with Crippen LogP contribution in [0.2, 0.25) is 0 Å². The highest BCUT2D eigenvalue weighted by Gasteiger charge is 2.19. The molecule has 2 rings (SSSR count). The van der Waals surface area contributed by atoms with Crippen molar-refractivity contribution in [1.29, 1.82) is 0 Å². The molecule has 0 aromatic heterocycles. The first-order valence-electron chi connectivity index (χ1n) is 6.89. The van der Waals surface area contributed by atoms with Crippen molar-refractivity contribution in [3.8, 4) is 0 Å². The minimum atomic E-state index is 0.788. The molecule has 2 nitrogen and oxygen atoms in total. The molecule has 98 valence electrons. The minimum absolute atomic E-state index is 0.788. The lowest BCUT2D eigenvalue weighted by atomic mass is 10.1. The summed E-state index contributed by atoms with van der Waals surface area (Å²) < 4.78 is 0. The summed E-state index contributed by atoms with van der Waals surface area (Å²) in [5.41, 5.74) is 4.04. The van der Waals surface area contributed by atoms with E-state index in [9.17, 15) is 0 Å². The monoisotopic (exact) mass is 244 g/mol. The Hall–Kier alpha value is -1.28. The van der Waals surface area contributed by atoms with Gasteiger partial charge in [0.25, 0.3) is 0 Å². The topological polar surface area (TPSA) is 15.3 Å². The third kappa shape index (κ3) is 3.88. The number of rotatable bonds is 6. The Morgan fingerprint density at radius 3 is 2.44 bits per heavy atom. The van der Waals surface area contributed by atoms with Crippen LogP contribution in [0.3, 0.4) is 0 Å². The molecule has 18 heavy (non-hydrogen) atoms. The van der Waals surface area contributed by atoms with E-state index in [1.54, 1.807) is 0 Å². The summed E-state index contributed by atoms with van der Waals surface area (Å²) in [6, 6.07) is 9.53. The van der Waals surface area contributed by atoms with Crippen LogP contribution < -0.4 is 10.2 Å². The molecule has 1 aliphatic carbocycles. The zero-order chi connectivity index (χ0) is 13.0.